The molecule has 1 aromatic carbocycles. The molecule has 104 valence electrons. The van der Waals surface area contributed by atoms with Gasteiger partial charge in [-0.05, 0) is 55.7 Å². The van der Waals surface area contributed by atoms with Crippen molar-refractivity contribution >= 4 is 23.1 Å². The first kappa shape index (κ1) is 14.5. The Bertz CT molecular complexity index is 610. The Morgan fingerprint density at radius 1 is 1.10 bits per heavy atom. The summed E-state index contributed by atoms with van der Waals surface area (Å²) >= 11 is 5.35. The second-order valence-corrected chi connectivity index (χ2v) is 5.25. The highest BCUT2D eigenvalue weighted by Crippen LogP contribution is 2.17. The van der Waals surface area contributed by atoms with Gasteiger partial charge in [0.15, 0.2) is 5.11 Å². The summed E-state index contributed by atoms with van der Waals surface area (Å²) in [6.45, 7) is 6.21. The van der Waals surface area contributed by atoms with E-state index in [4.69, 9.17) is 12.2 Å². The lowest BCUT2D eigenvalue weighted by molar-refractivity contribution is 0.717. The van der Waals surface area contributed by atoms with Crippen molar-refractivity contribution in [2.45, 2.75) is 26.8 Å². The van der Waals surface area contributed by atoms with Crippen molar-refractivity contribution in [3.63, 3.8) is 0 Å². The Labute approximate surface area is 125 Å². The highest BCUT2D eigenvalue weighted by atomic mass is 32.1. The maximum absolute atomic E-state index is 5.35. The van der Waals surface area contributed by atoms with Crippen LogP contribution in [0.1, 0.15) is 29.7 Å². The second-order valence-electron chi connectivity index (χ2n) is 4.85. The maximum atomic E-state index is 5.35. The molecule has 0 unspecified atom stereocenters. The molecule has 2 N–H and O–H groups in total. The van der Waals surface area contributed by atoms with Crippen LogP contribution in [0, 0.1) is 13.8 Å². The number of benzene rings is 1. The van der Waals surface area contributed by atoms with Crippen molar-refractivity contribution in [1.82, 2.24) is 10.3 Å². The van der Waals surface area contributed by atoms with E-state index in [2.05, 4.69) is 41.6 Å². The smallest absolute Gasteiger partial charge is 0.172 e. The van der Waals surface area contributed by atoms with E-state index in [0.717, 1.165) is 11.4 Å². The lowest BCUT2D eigenvalue weighted by atomic mass is 10.0. The number of aryl methyl sites for hydroxylation is 2. The van der Waals surface area contributed by atoms with Crippen LogP contribution < -0.4 is 10.6 Å². The third kappa shape index (κ3) is 3.54. The number of rotatable bonds is 3. The van der Waals surface area contributed by atoms with Crippen LogP contribution in [0.15, 0.2) is 42.6 Å². The molecule has 0 aliphatic carbocycles. The number of hydrogen-bond donors (Lipinski definition) is 2. The zero-order valence-electron chi connectivity index (χ0n) is 12.0. The molecule has 1 atom stereocenters. The van der Waals surface area contributed by atoms with E-state index >= 15 is 0 Å². The average Bonchev–Trinajstić information content (AvgIpc) is 2.41. The van der Waals surface area contributed by atoms with E-state index in [-0.39, 0.29) is 6.04 Å². The van der Waals surface area contributed by atoms with Crippen LogP contribution in [0.2, 0.25) is 0 Å². The van der Waals surface area contributed by atoms with Crippen molar-refractivity contribution < 1.29 is 0 Å². The van der Waals surface area contributed by atoms with E-state index in [9.17, 15) is 0 Å². The van der Waals surface area contributed by atoms with Gasteiger partial charge in [-0.3, -0.25) is 0 Å². The predicted octanol–water partition coefficient (Wildman–Crippen LogP) is 3.75. The van der Waals surface area contributed by atoms with E-state index < -0.39 is 0 Å². The largest absolute Gasteiger partial charge is 0.356 e. The minimum absolute atomic E-state index is 0.153. The van der Waals surface area contributed by atoms with Gasteiger partial charge < -0.3 is 10.6 Å². The molecule has 20 heavy (non-hydrogen) atoms. The third-order valence-electron chi connectivity index (χ3n) is 3.24. The lowest BCUT2D eigenvalue weighted by Crippen LogP contribution is -2.31. The highest BCUT2D eigenvalue weighted by molar-refractivity contribution is 7.80. The molecule has 0 aliphatic heterocycles. The molecule has 0 radical (unpaired) electrons. The van der Waals surface area contributed by atoms with E-state index in [1.165, 1.54) is 11.1 Å². The van der Waals surface area contributed by atoms with Gasteiger partial charge in [-0.25, -0.2) is 4.98 Å². The van der Waals surface area contributed by atoms with Gasteiger partial charge in [0.2, 0.25) is 0 Å². The molecule has 0 fully saturated rings. The quantitative estimate of drug-likeness (QED) is 0.842. The summed E-state index contributed by atoms with van der Waals surface area (Å²) in [6, 6.07) is 12.4. The average molecular weight is 285 g/mol. The predicted molar refractivity (Wildman–Crippen MR) is 87.9 cm³/mol. The van der Waals surface area contributed by atoms with Crippen molar-refractivity contribution in [2.24, 2.45) is 0 Å². The monoisotopic (exact) mass is 285 g/mol. The molecule has 4 heteroatoms. The van der Waals surface area contributed by atoms with Crippen LogP contribution in [-0.4, -0.2) is 10.1 Å². The zero-order chi connectivity index (χ0) is 14.5. The molecule has 0 saturated heterocycles. The van der Waals surface area contributed by atoms with E-state index in [0.29, 0.717) is 5.11 Å². The van der Waals surface area contributed by atoms with Gasteiger partial charge in [0.1, 0.15) is 5.82 Å². The molecular formula is C16H19N3S. The second kappa shape index (κ2) is 6.48. The van der Waals surface area contributed by atoms with Crippen LogP contribution in [0.4, 0.5) is 5.82 Å². The molecule has 0 aliphatic rings. The van der Waals surface area contributed by atoms with Gasteiger partial charge in [-0.2, -0.15) is 0 Å². The molecule has 2 aromatic rings. The minimum atomic E-state index is 0.153. The molecule has 0 bridgehead atoms. The molecular weight excluding hydrogens is 266 g/mol. The SMILES string of the molecule is Cc1ccccc1[C@H](C)NC(=S)Nc1ncccc1C. The number of nitrogens with one attached hydrogen (secondary N) is 2. The normalized spacial score (nSPS) is 11.8. The third-order valence-corrected chi connectivity index (χ3v) is 3.46. The van der Waals surface area contributed by atoms with Crippen LogP contribution in [0.5, 0.6) is 0 Å². The van der Waals surface area contributed by atoms with Gasteiger partial charge in [0.05, 0.1) is 6.04 Å². The van der Waals surface area contributed by atoms with Crippen LogP contribution >= 0.6 is 12.2 Å². The van der Waals surface area contributed by atoms with Crippen molar-refractivity contribution in [1.29, 1.82) is 0 Å². The molecule has 0 spiro atoms. The van der Waals surface area contributed by atoms with Crippen LogP contribution in [-0.2, 0) is 0 Å². The van der Waals surface area contributed by atoms with E-state index in [1.54, 1.807) is 6.20 Å². The zero-order valence-corrected chi connectivity index (χ0v) is 12.8. The number of aromatic nitrogens is 1. The van der Waals surface area contributed by atoms with E-state index in [1.807, 2.05) is 31.2 Å². The van der Waals surface area contributed by atoms with Crippen LogP contribution in [0.3, 0.4) is 0 Å². The Kier molecular flexibility index (Phi) is 4.69. The highest BCUT2D eigenvalue weighted by Gasteiger charge is 2.09. The van der Waals surface area contributed by atoms with Gasteiger partial charge in [0.25, 0.3) is 0 Å². The topological polar surface area (TPSA) is 37.0 Å². The van der Waals surface area contributed by atoms with Gasteiger partial charge in [0, 0.05) is 6.20 Å². The van der Waals surface area contributed by atoms with Crippen LogP contribution in [0.25, 0.3) is 0 Å². The molecule has 3 nitrogen and oxygen atoms in total. The number of nitrogens with zero attached hydrogens (tertiary/aromatic N) is 1. The van der Waals surface area contributed by atoms with Gasteiger partial charge in [-0.1, -0.05) is 30.3 Å². The number of thiocarbonyl (C=S) groups is 1. The Morgan fingerprint density at radius 2 is 1.80 bits per heavy atom. The Balaban J connectivity index is 2.02. The fourth-order valence-electron chi connectivity index (χ4n) is 2.11. The Morgan fingerprint density at radius 3 is 2.50 bits per heavy atom. The van der Waals surface area contributed by atoms with Gasteiger partial charge in [-0.15, -0.1) is 0 Å². The molecule has 1 heterocycles. The summed E-state index contributed by atoms with van der Waals surface area (Å²) in [5.41, 5.74) is 3.57. The number of hydrogen-bond acceptors (Lipinski definition) is 2. The number of pyridine rings is 1. The van der Waals surface area contributed by atoms with Gasteiger partial charge >= 0.3 is 0 Å². The summed E-state index contributed by atoms with van der Waals surface area (Å²) in [5, 5.41) is 7.02. The lowest BCUT2D eigenvalue weighted by Gasteiger charge is -2.19. The minimum Gasteiger partial charge on any atom is -0.356 e. The molecule has 1 aromatic heterocycles. The Hall–Kier alpha value is -1.94. The molecule has 0 saturated carbocycles. The molecule has 0 amide bonds. The summed E-state index contributed by atoms with van der Waals surface area (Å²) in [7, 11) is 0. The van der Waals surface area contributed by atoms with Crippen molar-refractivity contribution in [2.75, 3.05) is 5.32 Å². The fraction of sp³-hybridized carbons (Fsp3) is 0.250. The van der Waals surface area contributed by atoms with Crippen molar-refractivity contribution in [3.05, 3.63) is 59.3 Å². The summed E-state index contributed by atoms with van der Waals surface area (Å²) < 4.78 is 0. The summed E-state index contributed by atoms with van der Waals surface area (Å²) in [5.74, 6) is 0.794. The standard InChI is InChI=1S/C16H19N3S/c1-11-7-4-5-9-14(11)13(3)18-16(20)19-15-12(2)8-6-10-17-15/h4-10,13H,1-3H3,(H2,17,18,19,20)/t13-/m0/s1. The first-order valence-electron chi connectivity index (χ1n) is 6.62. The maximum Gasteiger partial charge on any atom is 0.172 e. The first-order valence-corrected chi connectivity index (χ1v) is 7.03. The van der Waals surface area contributed by atoms with Crippen molar-refractivity contribution in [3.8, 4) is 0 Å². The fourth-order valence-corrected chi connectivity index (χ4v) is 2.38. The summed E-state index contributed by atoms with van der Waals surface area (Å²) in [4.78, 5) is 4.28. The first-order chi connectivity index (χ1) is 9.58. The molecule has 2 rings (SSSR count). The summed E-state index contributed by atoms with van der Waals surface area (Å²) in [6.07, 6.45) is 1.75. The number of anilines is 1.